The topological polar surface area (TPSA) is 136 Å². The molecule has 7 rings (SSSR count). The van der Waals surface area contributed by atoms with Crippen LogP contribution < -0.4 is 10.2 Å². The smallest absolute Gasteiger partial charge is 0.260 e. The van der Waals surface area contributed by atoms with Gasteiger partial charge in [-0.3, -0.25) is 29.8 Å². The van der Waals surface area contributed by atoms with E-state index in [9.17, 15) is 24.7 Å². The lowest BCUT2D eigenvalue weighted by atomic mass is 9.49. The molecule has 3 N–H and O–H groups in total. The summed E-state index contributed by atoms with van der Waals surface area (Å²) in [6.45, 7) is 0. The van der Waals surface area contributed by atoms with E-state index < -0.39 is 58.6 Å². The maximum atomic E-state index is 15.0. The van der Waals surface area contributed by atoms with Crippen molar-refractivity contribution in [2.24, 2.45) is 23.7 Å². The molecule has 3 aromatic rings. The number of carbonyl (C=O) groups excluding carboxylic acids is 4. The van der Waals surface area contributed by atoms with E-state index in [1.807, 2.05) is 6.08 Å². The van der Waals surface area contributed by atoms with Crippen LogP contribution >= 0.6 is 23.2 Å². The monoisotopic (exact) mass is 647 g/mol. The molecule has 2 saturated heterocycles. The molecular formula is C33H27Cl2N3O7. The summed E-state index contributed by atoms with van der Waals surface area (Å²) in [6, 6.07) is 18.1. The lowest BCUT2D eigenvalue weighted by molar-refractivity contribution is -0.173. The molecule has 0 unspecified atom stereocenters. The van der Waals surface area contributed by atoms with Crippen LogP contribution in [0.25, 0.3) is 0 Å². The van der Waals surface area contributed by atoms with E-state index in [4.69, 9.17) is 27.9 Å². The van der Waals surface area contributed by atoms with Crippen molar-refractivity contribution in [3.8, 4) is 11.5 Å². The van der Waals surface area contributed by atoms with Crippen molar-refractivity contribution in [3.05, 3.63) is 99.6 Å². The highest BCUT2D eigenvalue weighted by atomic mass is 35.5. The highest BCUT2D eigenvalue weighted by molar-refractivity contribution is 6.36. The molecule has 12 heteroatoms. The summed E-state index contributed by atoms with van der Waals surface area (Å²) >= 11 is 12.5. The number of phenolic OH excluding ortho intramolecular Hbond substituents is 1. The van der Waals surface area contributed by atoms with Gasteiger partial charge >= 0.3 is 0 Å². The molecule has 0 aromatic heterocycles. The first-order valence-electron chi connectivity index (χ1n) is 14.4. The number of hydrazine groups is 1. The second-order valence-corrected chi connectivity index (χ2v) is 12.6. The standard InChI is InChI=1S/C33H27Cl2N3O7/c1-45-18-9-6-16(7-10-18)33-23(30(41)37(32(33)43)36-25-13-8-17(34)14-24(25)35)15-22-19(28(33)20-4-2-3-5-26(20)39)11-12-21-27(22)31(42)38(44)29(21)40/h2-11,13-14,21-23,27-28,36,39,44H,12,15H2,1H3/t21-,22+,23-,27-,28+,33+/m0/s1. The van der Waals surface area contributed by atoms with E-state index in [0.717, 1.165) is 5.01 Å². The fourth-order valence-corrected chi connectivity index (χ4v) is 8.35. The zero-order valence-electron chi connectivity index (χ0n) is 23.8. The fourth-order valence-electron chi connectivity index (χ4n) is 7.90. The number of methoxy groups -OCH3 is 1. The largest absolute Gasteiger partial charge is 0.508 e. The molecule has 3 fully saturated rings. The lowest BCUT2D eigenvalue weighted by Crippen LogP contribution is -2.53. The van der Waals surface area contributed by atoms with Crippen LogP contribution in [0.1, 0.15) is 29.9 Å². The SMILES string of the molecule is COc1ccc([C@@]23C(=O)N(Nc4ccc(Cl)cc4Cl)C(=O)[C@@H]2C[C@@H]2C(=CC[C@@H]4C(=O)N(O)C(=O)[C@@H]42)[C@@H]3c2ccccc2O)cc1. The minimum Gasteiger partial charge on any atom is -0.508 e. The molecule has 3 aromatic carbocycles. The van der Waals surface area contributed by atoms with Gasteiger partial charge in [-0.1, -0.05) is 65.2 Å². The van der Waals surface area contributed by atoms with E-state index in [1.54, 1.807) is 54.6 Å². The van der Waals surface area contributed by atoms with Crippen LogP contribution in [0.5, 0.6) is 11.5 Å². The first-order valence-corrected chi connectivity index (χ1v) is 15.1. The van der Waals surface area contributed by atoms with Crippen LogP contribution in [0.4, 0.5) is 5.69 Å². The van der Waals surface area contributed by atoms with Gasteiger partial charge in [0, 0.05) is 16.5 Å². The Balaban J connectivity index is 1.48. The van der Waals surface area contributed by atoms with Gasteiger partial charge in [0.25, 0.3) is 23.6 Å². The van der Waals surface area contributed by atoms with Gasteiger partial charge in [0.1, 0.15) is 11.5 Å². The third kappa shape index (κ3) is 4.12. The molecule has 10 nitrogen and oxygen atoms in total. The normalized spacial score (nSPS) is 28.9. The fraction of sp³-hybridized carbons (Fsp3) is 0.273. The quantitative estimate of drug-likeness (QED) is 0.198. The summed E-state index contributed by atoms with van der Waals surface area (Å²) in [7, 11) is 1.52. The molecule has 0 spiro atoms. The first kappa shape index (κ1) is 29.3. The number of benzene rings is 3. The molecular weight excluding hydrogens is 621 g/mol. The number of ether oxygens (including phenoxy) is 1. The number of nitrogens with zero attached hydrogens (tertiary/aromatic N) is 2. The average Bonchev–Trinajstić information content (AvgIpc) is 3.39. The summed E-state index contributed by atoms with van der Waals surface area (Å²) in [5.41, 5.74) is 3.14. The highest BCUT2D eigenvalue weighted by Gasteiger charge is 2.70. The van der Waals surface area contributed by atoms with Crippen LogP contribution in [0.3, 0.4) is 0 Å². The number of amides is 4. The number of hydroxylamine groups is 2. The number of nitrogens with one attached hydrogen (secondary N) is 1. The minimum absolute atomic E-state index is 0.0348. The maximum absolute atomic E-state index is 15.0. The summed E-state index contributed by atoms with van der Waals surface area (Å²) in [5.74, 6) is -6.51. The second kappa shape index (κ2) is 10.6. The Bertz CT molecular complexity index is 1810. The molecule has 2 aliphatic heterocycles. The zero-order valence-corrected chi connectivity index (χ0v) is 25.3. The van der Waals surface area contributed by atoms with Crippen LogP contribution in [-0.4, -0.2) is 51.1 Å². The number of hydrogen-bond donors (Lipinski definition) is 3. The van der Waals surface area contributed by atoms with Crippen molar-refractivity contribution < 1.29 is 34.2 Å². The number of allylic oxidation sites excluding steroid dienone is 2. The maximum Gasteiger partial charge on any atom is 0.260 e. The van der Waals surface area contributed by atoms with Crippen molar-refractivity contribution in [3.63, 3.8) is 0 Å². The number of rotatable bonds is 5. The van der Waals surface area contributed by atoms with Crippen LogP contribution in [0, 0.1) is 23.7 Å². The van der Waals surface area contributed by atoms with Gasteiger partial charge in [0.15, 0.2) is 0 Å². The van der Waals surface area contributed by atoms with E-state index in [1.165, 1.54) is 19.2 Å². The second-order valence-electron chi connectivity index (χ2n) is 11.8. The number of hydrogen-bond acceptors (Lipinski definition) is 8. The number of phenols is 1. The Kier molecular flexibility index (Phi) is 6.92. The van der Waals surface area contributed by atoms with Crippen LogP contribution in [-0.2, 0) is 24.6 Å². The number of para-hydroxylation sites is 1. The zero-order chi connectivity index (χ0) is 31.8. The van der Waals surface area contributed by atoms with Gasteiger partial charge < -0.3 is 9.84 Å². The Morgan fingerprint density at radius 2 is 1.67 bits per heavy atom. The van der Waals surface area contributed by atoms with Crippen LogP contribution in [0.15, 0.2) is 78.4 Å². The molecule has 230 valence electrons. The third-order valence-electron chi connectivity index (χ3n) is 9.80. The third-order valence-corrected chi connectivity index (χ3v) is 10.4. The molecule has 45 heavy (non-hydrogen) atoms. The van der Waals surface area contributed by atoms with Gasteiger partial charge in [-0.05, 0) is 60.7 Å². The van der Waals surface area contributed by atoms with Gasteiger partial charge in [-0.25, -0.2) is 0 Å². The van der Waals surface area contributed by atoms with E-state index >= 15 is 4.79 Å². The van der Waals surface area contributed by atoms with Crippen molar-refractivity contribution >= 4 is 52.5 Å². The Hall–Kier alpha value is -4.38. The average molecular weight is 648 g/mol. The molecule has 1 saturated carbocycles. The molecule has 0 bridgehead atoms. The number of aromatic hydroxyl groups is 1. The van der Waals surface area contributed by atoms with E-state index in [0.29, 0.717) is 27.5 Å². The van der Waals surface area contributed by atoms with Gasteiger partial charge in [-0.2, -0.15) is 10.1 Å². The van der Waals surface area contributed by atoms with Crippen molar-refractivity contribution in [1.82, 2.24) is 10.1 Å². The van der Waals surface area contributed by atoms with Gasteiger partial charge in [-0.15, -0.1) is 0 Å². The van der Waals surface area contributed by atoms with E-state index in [-0.39, 0.29) is 34.4 Å². The number of halogens is 2. The lowest BCUT2D eigenvalue weighted by Gasteiger charge is -2.50. The molecule has 4 aliphatic rings. The molecule has 6 atom stereocenters. The van der Waals surface area contributed by atoms with Crippen molar-refractivity contribution in [1.29, 1.82) is 0 Å². The summed E-state index contributed by atoms with van der Waals surface area (Å²) < 4.78 is 5.38. The predicted molar refractivity (Wildman–Crippen MR) is 162 cm³/mol. The Labute approximate surface area is 267 Å². The summed E-state index contributed by atoms with van der Waals surface area (Å²) in [4.78, 5) is 55.7. The van der Waals surface area contributed by atoms with Gasteiger partial charge in [0.2, 0.25) is 0 Å². The predicted octanol–water partition coefficient (Wildman–Crippen LogP) is 5.08. The highest BCUT2D eigenvalue weighted by Crippen LogP contribution is 2.64. The number of anilines is 1. The molecule has 2 aliphatic carbocycles. The van der Waals surface area contributed by atoms with Crippen molar-refractivity contribution in [2.45, 2.75) is 24.2 Å². The van der Waals surface area contributed by atoms with Gasteiger partial charge in [0.05, 0.1) is 41.0 Å². The summed E-state index contributed by atoms with van der Waals surface area (Å²) in [5, 5.41) is 23.3. The Morgan fingerprint density at radius 3 is 2.36 bits per heavy atom. The van der Waals surface area contributed by atoms with Crippen molar-refractivity contribution in [2.75, 3.05) is 12.5 Å². The molecule has 2 heterocycles. The number of carbonyl (C=O) groups is 4. The summed E-state index contributed by atoms with van der Waals surface area (Å²) in [6.07, 6.45) is 2.02. The number of fused-ring (bicyclic) bond motifs is 4. The Morgan fingerprint density at radius 1 is 0.933 bits per heavy atom. The first-order chi connectivity index (χ1) is 21.6. The van der Waals surface area contributed by atoms with Crippen LogP contribution in [0.2, 0.25) is 10.0 Å². The minimum atomic E-state index is -1.59. The molecule has 0 radical (unpaired) electrons. The molecule has 4 amide bonds. The van der Waals surface area contributed by atoms with E-state index in [2.05, 4.69) is 5.43 Å². The number of imide groups is 2.